The van der Waals surface area contributed by atoms with Crippen LogP contribution in [-0.2, 0) is 10.0 Å². The van der Waals surface area contributed by atoms with E-state index in [4.69, 9.17) is 0 Å². The first kappa shape index (κ1) is 21.0. The minimum Gasteiger partial charge on any atom is -0.350 e. The van der Waals surface area contributed by atoms with Gasteiger partial charge in [-0.1, -0.05) is 31.5 Å². The number of aryl methyl sites for hydroxylation is 2. The van der Waals surface area contributed by atoms with Crippen molar-refractivity contribution in [1.82, 2.24) is 5.32 Å². The highest BCUT2D eigenvalue weighted by molar-refractivity contribution is 7.92. The fourth-order valence-electron chi connectivity index (χ4n) is 2.90. The zero-order chi connectivity index (χ0) is 20.2. The fraction of sp³-hybridized carbons (Fsp3) is 0.381. The van der Waals surface area contributed by atoms with Crippen LogP contribution < -0.4 is 10.0 Å². The first-order chi connectivity index (χ1) is 12.7. The number of anilines is 1. The van der Waals surface area contributed by atoms with Crippen molar-refractivity contribution in [3.05, 3.63) is 58.7 Å². The summed E-state index contributed by atoms with van der Waals surface area (Å²) in [4.78, 5) is 12.6. The number of nitrogens with one attached hydrogen (secondary N) is 2. The zero-order valence-corrected chi connectivity index (χ0v) is 17.4. The summed E-state index contributed by atoms with van der Waals surface area (Å²) < 4.78 is 28.5. The Morgan fingerprint density at radius 3 is 2.44 bits per heavy atom. The van der Waals surface area contributed by atoms with Gasteiger partial charge in [0.2, 0.25) is 0 Å². The van der Waals surface area contributed by atoms with E-state index in [2.05, 4.69) is 17.0 Å². The van der Waals surface area contributed by atoms with Gasteiger partial charge in [-0.25, -0.2) is 8.42 Å². The van der Waals surface area contributed by atoms with Gasteiger partial charge in [0, 0.05) is 11.6 Å². The molecule has 0 aliphatic rings. The highest BCUT2D eigenvalue weighted by atomic mass is 32.2. The van der Waals surface area contributed by atoms with Gasteiger partial charge in [-0.15, -0.1) is 0 Å². The molecule has 2 aromatic carbocycles. The lowest BCUT2D eigenvalue weighted by Gasteiger charge is -2.16. The van der Waals surface area contributed by atoms with Crippen molar-refractivity contribution in [2.24, 2.45) is 0 Å². The number of carbonyl (C=O) groups excluding carboxylic acids is 1. The first-order valence-corrected chi connectivity index (χ1v) is 10.6. The Morgan fingerprint density at radius 2 is 1.78 bits per heavy atom. The standard InChI is InChI=1S/C21H28N2O3S/c1-6-8-16(4)22-21(24)18-12-11-15(3)20(13-18)27(25,26)23-19-10-7-9-14(2)17(19)5/h7,9-13,16,23H,6,8H2,1-5H3,(H,22,24)/t16-/m1/s1. The number of benzene rings is 2. The largest absolute Gasteiger partial charge is 0.350 e. The molecule has 0 fully saturated rings. The monoisotopic (exact) mass is 388 g/mol. The molecule has 0 heterocycles. The number of rotatable bonds is 7. The zero-order valence-electron chi connectivity index (χ0n) is 16.6. The molecule has 2 N–H and O–H groups in total. The van der Waals surface area contributed by atoms with Crippen LogP contribution in [0, 0.1) is 20.8 Å². The summed E-state index contributed by atoms with van der Waals surface area (Å²) in [6.45, 7) is 9.52. The van der Waals surface area contributed by atoms with E-state index in [-0.39, 0.29) is 16.8 Å². The molecule has 1 atom stereocenters. The van der Waals surface area contributed by atoms with Crippen molar-refractivity contribution >= 4 is 21.6 Å². The van der Waals surface area contributed by atoms with Crippen LogP contribution in [0.2, 0.25) is 0 Å². The van der Waals surface area contributed by atoms with Crippen LogP contribution in [0.5, 0.6) is 0 Å². The van der Waals surface area contributed by atoms with Crippen LogP contribution in [0.15, 0.2) is 41.3 Å². The molecule has 5 nitrogen and oxygen atoms in total. The Balaban J connectivity index is 2.34. The molecular formula is C21H28N2O3S. The molecule has 0 spiro atoms. The molecule has 0 saturated carbocycles. The lowest BCUT2D eigenvalue weighted by atomic mass is 10.1. The topological polar surface area (TPSA) is 75.3 Å². The number of hydrogen-bond donors (Lipinski definition) is 2. The van der Waals surface area contributed by atoms with E-state index >= 15 is 0 Å². The molecule has 0 aliphatic heterocycles. The number of sulfonamides is 1. The van der Waals surface area contributed by atoms with Gasteiger partial charge in [0.1, 0.15) is 0 Å². The average Bonchev–Trinajstić information content (AvgIpc) is 2.59. The Kier molecular flexibility index (Phi) is 6.65. The quantitative estimate of drug-likeness (QED) is 0.741. The Morgan fingerprint density at radius 1 is 1.07 bits per heavy atom. The van der Waals surface area contributed by atoms with Crippen LogP contribution in [0.25, 0.3) is 0 Å². The average molecular weight is 389 g/mol. The molecule has 0 saturated heterocycles. The van der Waals surface area contributed by atoms with Gasteiger partial charge in [-0.3, -0.25) is 9.52 Å². The molecular weight excluding hydrogens is 360 g/mol. The highest BCUT2D eigenvalue weighted by Gasteiger charge is 2.20. The molecule has 0 bridgehead atoms. The maximum atomic E-state index is 12.9. The van der Waals surface area contributed by atoms with Gasteiger partial charge in [-0.2, -0.15) is 0 Å². The molecule has 2 rings (SSSR count). The van der Waals surface area contributed by atoms with Gasteiger partial charge in [0.05, 0.1) is 10.6 Å². The van der Waals surface area contributed by atoms with E-state index in [0.717, 1.165) is 24.0 Å². The maximum absolute atomic E-state index is 12.9. The minimum absolute atomic E-state index is 0.0388. The van der Waals surface area contributed by atoms with Crippen LogP contribution in [0.1, 0.15) is 53.7 Å². The van der Waals surface area contributed by atoms with Crippen molar-refractivity contribution < 1.29 is 13.2 Å². The van der Waals surface area contributed by atoms with E-state index in [1.165, 1.54) is 6.07 Å². The normalized spacial score (nSPS) is 12.5. The SMILES string of the molecule is CCC[C@@H](C)NC(=O)c1ccc(C)c(S(=O)(=O)Nc2cccc(C)c2C)c1. The summed E-state index contributed by atoms with van der Waals surface area (Å²) in [5, 5.41) is 2.91. The van der Waals surface area contributed by atoms with E-state index in [0.29, 0.717) is 16.8 Å². The Bertz CT molecular complexity index is 936. The van der Waals surface area contributed by atoms with Crippen LogP contribution in [0.3, 0.4) is 0 Å². The maximum Gasteiger partial charge on any atom is 0.262 e. The van der Waals surface area contributed by atoms with E-state index < -0.39 is 10.0 Å². The molecule has 6 heteroatoms. The molecule has 1 amide bonds. The van der Waals surface area contributed by atoms with Gasteiger partial charge in [-0.05, 0) is 69.0 Å². The Labute approximate surface area is 162 Å². The molecule has 0 aliphatic carbocycles. The number of carbonyl (C=O) groups is 1. The van der Waals surface area contributed by atoms with Crippen molar-refractivity contribution in [3.8, 4) is 0 Å². The summed E-state index contributed by atoms with van der Waals surface area (Å²) >= 11 is 0. The van der Waals surface area contributed by atoms with Crippen LogP contribution >= 0.6 is 0 Å². The minimum atomic E-state index is -3.81. The van der Waals surface area contributed by atoms with Crippen LogP contribution in [-0.4, -0.2) is 20.4 Å². The summed E-state index contributed by atoms with van der Waals surface area (Å²) in [7, 11) is -3.81. The lowest BCUT2D eigenvalue weighted by Crippen LogP contribution is -2.32. The summed E-state index contributed by atoms with van der Waals surface area (Å²) in [5.41, 5.74) is 3.35. The first-order valence-electron chi connectivity index (χ1n) is 9.16. The molecule has 0 radical (unpaired) electrons. The second-order valence-corrected chi connectivity index (χ2v) is 8.65. The smallest absolute Gasteiger partial charge is 0.262 e. The predicted octanol–water partition coefficient (Wildman–Crippen LogP) is 4.33. The second-order valence-electron chi connectivity index (χ2n) is 7.00. The van der Waals surface area contributed by atoms with Crippen molar-refractivity contribution in [3.63, 3.8) is 0 Å². The summed E-state index contributed by atoms with van der Waals surface area (Å²) in [5.74, 6) is -0.265. The van der Waals surface area contributed by atoms with E-state index in [9.17, 15) is 13.2 Å². The van der Waals surface area contributed by atoms with E-state index in [1.807, 2.05) is 32.9 Å². The molecule has 27 heavy (non-hydrogen) atoms. The predicted molar refractivity (Wildman–Crippen MR) is 110 cm³/mol. The molecule has 146 valence electrons. The van der Waals surface area contributed by atoms with E-state index in [1.54, 1.807) is 25.1 Å². The third-order valence-corrected chi connectivity index (χ3v) is 6.20. The fourth-order valence-corrected chi connectivity index (χ4v) is 4.30. The molecule has 0 unspecified atom stereocenters. The van der Waals surface area contributed by atoms with Gasteiger partial charge >= 0.3 is 0 Å². The molecule has 2 aromatic rings. The molecule has 0 aromatic heterocycles. The third kappa shape index (κ3) is 5.10. The van der Waals surface area contributed by atoms with Gasteiger partial charge in [0.25, 0.3) is 15.9 Å². The summed E-state index contributed by atoms with van der Waals surface area (Å²) in [6.07, 6.45) is 1.84. The second kappa shape index (κ2) is 8.57. The lowest BCUT2D eigenvalue weighted by molar-refractivity contribution is 0.0938. The van der Waals surface area contributed by atoms with Gasteiger partial charge < -0.3 is 5.32 Å². The third-order valence-electron chi connectivity index (χ3n) is 4.69. The van der Waals surface area contributed by atoms with Crippen molar-refractivity contribution in [2.75, 3.05) is 4.72 Å². The van der Waals surface area contributed by atoms with Crippen molar-refractivity contribution in [1.29, 1.82) is 0 Å². The highest BCUT2D eigenvalue weighted by Crippen LogP contribution is 2.24. The van der Waals surface area contributed by atoms with Gasteiger partial charge in [0.15, 0.2) is 0 Å². The van der Waals surface area contributed by atoms with Crippen molar-refractivity contribution in [2.45, 2.75) is 58.4 Å². The number of hydrogen-bond acceptors (Lipinski definition) is 3. The van der Waals surface area contributed by atoms with Crippen LogP contribution in [0.4, 0.5) is 5.69 Å². The Hall–Kier alpha value is -2.34. The number of amides is 1. The summed E-state index contributed by atoms with van der Waals surface area (Å²) in [6, 6.07) is 10.3.